The average Bonchev–Trinajstić information content (AvgIpc) is 2.94. The first-order chi connectivity index (χ1) is 10.8. The molecule has 2 N–H and O–H groups in total. The Bertz CT molecular complexity index is 700. The maximum absolute atomic E-state index is 12.4. The number of hydrogen-bond donors (Lipinski definition) is 2. The molecule has 0 spiro atoms. The van der Waals surface area contributed by atoms with E-state index in [1.807, 2.05) is 26.0 Å². The average molecular weight is 319 g/mol. The van der Waals surface area contributed by atoms with Crippen molar-refractivity contribution in [3.63, 3.8) is 0 Å². The zero-order valence-corrected chi connectivity index (χ0v) is 14.2. The number of likely N-dealkylation sites (N-methyl/N-ethyl adjacent to an activating group) is 1. The summed E-state index contributed by atoms with van der Waals surface area (Å²) in [5.41, 5.74) is 3.23. The Morgan fingerprint density at radius 2 is 1.91 bits per heavy atom. The van der Waals surface area contributed by atoms with Gasteiger partial charge in [0.1, 0.15) is 5.58 Å². The van der Waals surface area contributed by atoms with Crippen LogP contribution in [0.2, 0.25) is 0 Å². The summed E-state index contributed by atoms with van der Waals surface area (Å²) < 4.78 is 5.63. The van der Waals surface area contributed by atoms with Gasteiger partial charge in [0.2, 0.25) is 5.91 Å². The highest BCUT2D eigenvalue weighted by atomic mass is 16.3. The van der Waals surface area contributed by atoms with Crippen LogP contribution in [0.25, 0.3) is 11.0 Å². The number of nitrogens with zero attached hydrogens (tertiary/aromatic N) is 1. The number of hydrogen-bond acceptors (Lipinski definition) is 4. The van der Waals surface area contributed by atoms with Gasteiger partial charge in [-0.1, -0.05) is 19.1 Å². The van der Waals surface area contributed by atoms with Gasteiger partial charge in [0, 0.05) is 30.0 Å². The molecule has 0 aliphatic heterocycles. The maximum atomic E-state index is 12.4. The molecular weight excluding hydrogens is 294 g/mol. The molecule has 0 saturated carbocycles. The molecular formula is C18H25NO4. The molecule has 0 bridgehead atoms. The van der Waals surface area contributed by atoms with Crippen LogP contribution in [0.4, 0.5) is 0 Å². The summed E-state index contributed by atoms with van der Waals surface area (Å²) in [6.07, 6.45) is 1.87. The van der Waals surface area contributed by atoms with Crippen molar-refractivity contribution < 1.29 is 19.4 Å². The Balaban J connectivity index is 2.16. The Hall–Kier alpha value is -1.85. The van der Waals surface area contributed by atoms with Gasteiger partial charge < -0.3 is 19.5 Å². The second-order valence-corrected chi connectivity index (χ2v) is 6.70. The van der Waals surface area contributed by atoms with Gasteiger partial charge in [0.15, 0.2) is 0 Å². The van der Waals surface area contributed by atoms with E-state index in [9.17, 15) is 15.0 Å². The number of amides is 1. The molecule has 0 radical (unpaired) electrons. The summed E-state index contributed by atoms with van der Waals surface area (Å²) in [6.45, 7) is 5.73. The fraction of sp³-hybridized carbons (Fsp3) is 0.500. The van der Waals surface area contributed by atoms with Crippen LogP contribution < -0.4 is 0 Å². The number of carbonyl (C=O) groups excluding carboxylic acids is 1. The number of furan rings is 1. The van der Waals surface area contributed by atoms with Crippen LogP contribution in [-0.4, -0.2) is 47.8 Å². The summed E-state index contributed by atoms with van der Waals surface area (Å²) in [4.78, 5) is 14.0. The minimum Gasteiger partial charge on any atom is -0.464 e. The van der Waals surface area contributed by atoms with Crippen LogP contribution in [0.15, 0.2) is 22.8 Å². The van der Waals surface area contributed by atoms with Crippen molar-refractivity contribution in [1.82, 2.24) is 4.90 Å². The van der Waals surface area contributed by atoms with Crippen molar-refractivity contribution in [2.45, 2.75) is 27.2 Å². The molecule has 0 aliphatic carbocycles. The number of carbonyl (C=O) groups is 1. The lowest BCUT2D eigenvalue weighted by Crippen LogP contribution is -2.42. The Morgan fingerprint density at radius 3 is 2.52 bits per heavy atom. The number of benzene rings is 1. The zero-order valence-electron chi connectivity index (χ0n) is 14.2. The van der Waals surface area contributed by atoms with Crippen LogP contribution in [0.3, 0.4) is 0 Å². The van der Waals surface area contributed by atoms with E-state index in [1.54, 1.807) is 25.1 Å². The van der Waals surface area contributed by atoms with Crippen LogP contribution in [0.1, 0.15) is 23.6 Å². The Morgan fingerprint density at radius 1 is 1.26 bits per heavy atom. The van der Waals surface area contributed by atoms with E-state index in [2.05, 4.69) is 0 Å². The summed E-state index contributed by atoms with van der Waals surface area (Å²) in [5.74, 6) is -0.0703. The number of aryl methyl sites for hydroxylation is 2. The van der Waals surface area contributed by atoms with Crippen LogP contribution >= 0.6 is 0 Å². The number of rotatable bonds is 6. The van der Waals surface area contributed by atoms with E-state index in [-0.39, 0.29) is 25.5 Å². The number of aliphatic hydroxyl groups excluding tert-OH is 2. The third-order valence-corrected chi connectivity index (χ3v) is 4.49. The van der Waals surface area contributed by atoms with Gasteiger partial charge >= 0.3 is 0 Å². The highest BCUT2D eigenvalue weighted by Crippen LogP contribution is 2.27. The second kappa shape index (κ2) is 6.72. The molecule has 0 unspecified atom stereocenters. The second-order valence-electron chi connectivity index (χ2n) is 6.70. The maximum Gasteiger partial charge on any atom is 0.226 e. The first kappa shape index (κ1) is 17.5. The highest BCUT2D eigenvalue weighted by Gasteiger charge is 2.26. The van der Waals surface area contributed by atoms with Crippen molar-refractivity contribution in [2.75, 3.05) is 26.8 Å². The molecule has 126 valence electrons. The molecule has 1 aromatic carbocycles. The van der Waals surface area contributed by atoms with Crippen molar-refractivity contribution in [3.8, 4) is 0 Å². The quantitative estimate of drug-likeness (QED) is 0.854. The minimum absolute atomic E-state index is 0.0703. The summed E-state index contributed by atoms with van der Waals surface area (Å²) in [7, 11) is 1.68. The van der Waals surface area contributed by atoms with Gasteiger partial charge in [-0.05, 0) is 25.0 Å². The molecule has 0 atom stereocenters. The lowest BCUT2D eigenvalue weighted by atomic mass is 9.92. The molecule has 23 heavy (non-hydrogen) atoms. The van der Waals surface area contributed by atoms with E-state index in [1.165, 1.54) is 0 Å². The summed E-state index contributed by atoms with van der Waals surface area (Å²) in [6, 6.07) is 4.01. The smallest absolute Gasteiger partial charge is 0.226 e. The molecule has 1 heterocycles. The van der Waals surface area contributed by atoms with E-state index < -0.39 is 5.41 Å². The third-order valence-electron chi connectivity index (χ3n) is 4.49. The molecule has 0 aliphatic rings. The lowest BCUT2D eigenvalue weighted by Gasteiger charge is -2.30. The molecule has 1 aromatic heterocycles. The first-order valence-corrected chi connectivity index (χ1v) is 7.73. The summed E-state index contributed by atoms with van der Waals surface area (Å²) >= 11 is 0. The standard InChI is InChI=1S/C18H25NO4/c1-12-5-6-15-14(8-23-17(15)13(12)2)7-16(22)19(4)9-18(3,10-20)11-21/h5-6,8,20-21H,7,9-11H2,1-4H3. The monoisotopic (exact) mass is 319 g/mol. The summed E-state index contributed by atoms with van der Waals surface area (Å²) in [5, 5.41) is 19.7. The van der Waals surface area contributed by atoms with E-state index in [0.717, 1.165) is 27.7 Å². The molecule has 2 aromatic rings. The van der Waals surface area contributed by atoms with Gasteiger partial charge in [-0.15, -0.1) is 0 Å². The van der Waals surface area contributed by atoms with Crippen molar-refractivity contribution in [3.05, 3.63) is 35.1 Å². The lowest BCUT2D eigenvalue weighted by molar-refractivity contribution is -0.131. The molecule has 2 rings (SSSR count). The van der Waals surface area contributed by atoms with Crippen molar-refractivity contribution in [1.29, 1.82) is 0 Å². The Labute approximate surface area is 136 Å². The van der Waals surface area contributed by atoms with Gasteiger partial charge in [0.25, 0.3) is 0 Å². The van der Waals surface area contributed by atoms with Crippen LogP contribution in [0.5, 0.6) is 0 Å². The molecule has 0 fully saturated rings. The van der Waals surface area contributed by atoms with Gasteiger partial charge in [-0.3, -0.25) is 4.79 Å². The first-order valence-electron chi connectivity index (χ1n) is 7.73. The van der Waals surface area contributed by atoms with Crippen LogP contribution in [-0.2, 0) is 11.2 Å². The SMILES string of the molecule is Cc1ccc2c(CC(=O)N(C)CC(C)(CO)CO)coc2c1C. The molecule has 5 heteroatoms. The van der Waals surface area contributed by atoms with Gasteiger partial charge in [-0.25, -0.2) is 0 Å². The largest absolute Gasteiger partial charge is 0.464 e. The normalized spacial score (nSPS) is 11.9. The zero-order chi connectivity index (χ0) is 17.2. The fourth-order valence-electron chi connectivity index (χ4n) is 2.63. The van der Waals surface area contributed by atoms with Crippen molar-refractivity contribution >= 4 is 16.9 Å². The predicted molar refractivity (Wildman–Crippen MR) is 89.3 cm³/mol. The van der Waals surface area contributed by atoms with E-state index in [4.69, 9.17) is 4.42 Å². The van der Waals surface area contributed by atoms with Gasteiger partial charge in [0.05, 0.1) is 25.9 Å². The number of aliphatic hydroxyl groups is 2. The number of fused-ring (bicyclic) bond motifs is 1. The highest BCUT2D eigenvalue weighted by molar-refractivity contribution is 5.89. The van der Waals surface area contributed by atoms with Crippen LogP contribution in [0, 0.1) is 19.3 Å². The minimum atomic E-state index is -0.698. The molecule has 1 amide bonds. The topological polar surface area (TPSA) is 73.9 Å². The third kappa shape index (κ3) is 3.57. The molecule has 0 saturated heterocycles. The van der Waals surface area contributed by atoms with Crippen molar-refractivity contribution in [2.24, 2.45) is 5.41 Å². The fourth-order valence-corrected chi connectivity index (χ4v) is 2.63. The Kier molecular flexibility index (Phi) is 5.12. The predicted octanol–water partition coefficient (Wildman–Crippen LogP) is 2.04. The van der Waals surface area contributed by atoms with E-state index in [0.29, 0.717) is 6.54 Å². The van der Waals surface area contributed by atoms with E-state index >= 15 is 0 Å². The van der Waals surface area contributed by atoms with Gasteiger partial charge in [-0.2, -0.15) is 0 Å². The molecule has 5 nitrogen and oxygen atoms in total.